The van der Waals surface area contributed by atoms with E-state index >= 15 is 0 Å². The molecule has 6 heteroatoms. The van der Waals surface area contributed by atoms with Crippen molar-refractivity contribution in [3.8, 4) is 5.75 Å². The fourth-order valence-electron chi connectivity index (χ4n) is 3.51. The maximum atomic E-state index is 6.34. The average Bonchev–Trinajstić information content (AvgIpc) is 3.10. The van der Waals surface area contributed by atoms with E-state index in [0.717, 1.165) is 29.8 Å². The van der Waals surface area contributed by atoms with E-state index in [0.29, 0.717) is 21.7 Å². The molecule has 1 atom stereocenters. The zero-order valence-corrected chi connectivity index (χ0v) is 15.5. The van der Waals surface area contributed by atoms with Crippen LogP contribution in [0, 0.1) is 0 Å². The van der Waals surface area contributed by atoms with Gasteiger partial charge in [0.2, 0.25) is 0 Å². The molecule has 128 valence electrons. The highest BCUT2D eigenvalue weighted by atomic mass is 35.5. The summed E-state index contributed by atoms with van der Waals surface area (Å²) in [7, 11) is 0. The fourth-order valence-corrected chi connectivity index (χ4v) is 3.95. The number of rotatable bonds is 3. The summed E-state index contributed by atoms with van der Waals surface area (Å²) >= 11 is 18.6. The second-order valence-corrected chi connectivity index (χ2v) is 7.44. The minimum absolute atomic E-state index is 0.299. The van der Waals surface area contributed by atoms with Gasteiger partial charge in [-0.05, 0) is 30.2 Å². The molecule has 0 aliphatic carbocycles. The van der Waals surface area contributed by atoms with E-state index in [-0.39, 0.29) is 5.41 Å². The summed E-state index contributed by atoms with van der Waals surface area (Å²) in [4.78, 5) is 4.18. The highest BCUT2D eigenvalue weighted by Crippen LogP contribution is 2.47. The number of aromatic nitrogens is 2. The molecule has 3 nitrogen and oxygen atoms in total. The van der Waals surface area contributed by atoms with E-state index in [9.17, 15) is 0 Å². The molecule has 2 aromatic carbocycles. The van der Waals surface area contributed by atoms with Gasteiger partial charge in [-0.25, -0.2) is 4.98 Å². The summed E-state index contributed by atoms with van der Waals surface area (Å²) in [5.74, 6) is 0.774. The molecular formula is C19H15Cl3N2O. The molecule has 0 amide bonds. The van der Waals surface area contributed by atoms with Gasteiger partial charge in [-0.1, -0.05) is 46.9 Å². The zero-order valence-electron chi connectivity index (χ0n) is 13.3. The highest BCUT2D eigenvalue weighted by molar-refractivity contribution is 6.42. The van der Waals surface area contributed by atoms with Gasteiger partial charge in [-0.2, -0.15) is 0 Å². The Hall–Kier alpha value is -1.68. The smallest absolute Gasteiger partial charge is 0.125 e. The minimum atomic E-state index is -0.299. The van der Waals surface area contributed by atoms with Crippen LogP contribution < -0.4 is 4.74 Å². The van der Waals surface area contributed by atoms with Gasteiger partial charge in [0.25, 0.3) is 0 Å². The molecular weight excluding hydrogens is 379 g/mol. The van der Waals surface area contributed by atoms with E-state index in [1.54, 1.807) is 12.3 Å². The van der Waals surface area contributed by atoms with Gasteiger partial charge in [0.1, 0.15) is 5.75 Å². The van der Waals surface area contributed by atoms with Gasteiger partial charge >= 0.3 is 0 Å². The highest BCUT2D eigenvalue weighted by Gasteiger charge is 2.40. The topological polar surface area (TPSA) is 27.1 Å². The molecule has 0 N–H and O–H groups in total. The molecule has 25 heavy (non-hydrogen) atoms. The van der Waals surface area contributed by atoms with Crippen LogP contribution in [0.4, 0.5) is 0 Å². The summed E-state index contributed by atoms with van der Waals surface area (Å²) in [6.45, 7) is 1.32. The molecule has 3 aromatic rings. The molecule has 0 bridgehead atoms. The van der Waals surface area contributed by atoms with E-state index in [4.69, 9.17) is 39.5 Å². The molecule has 1 unspecified atom stereocenters. The predicted octanol–water partition coefficient (Wildman–Crippen LogP) is 5.61. The third kappa shape index (κ3) is 3.01. The normalized spacial score (nSPS) is 19.3. The predicted molar refractivity (Wildman–Crippen MR) is 101 cm³/mol. The number of nitrogens with zero attached hydrogens (tertiary/aromatic N) is 2. The molecule has 0 radical (unpaired) electrons. The van der Waals surface area contributed by atoms with Crippen molar-refractivity contribution in [1.82, 2.24) is 9.55 Å². The van der Waals surface area contributed by atoms with Crippen molar-refractivity contribution in [2.45, 2.75) is 18.4 Å². The molecule has 4 rings (SSSR count). The summed E-state index contributed by atoms with van der Waals surface area (Å²) in [5.41, 5.74) is 1.89. The molecule has 0 fully saturated rings. The number of fused-ring (bicyclic) bond motifs is 1. The lowest BCUT2D eigenvalue weighted by Gasteiger charge is -2.40. The first-order valence-corrected chi connectivity index (χ1v) is 9.06. The molecule has 0 saturated heterocycles. The number of ether oxygens (including phenoxy) is 1. The molecule has 0 saturated carbocycles. The van der Waals surface area contributed by atoms with E-state index < -0.39 is 0 Å². The van der Waals surface area contributed by atoms with Crippen LogP contribution in [0.25, 0.3) is 0 Å². The average molecular weight is 394 g/mol. The first-order chi connectivity index (χ1) is 12.1. The number of benzene rings is 2. The molecule has 2 heterocycles. The first kappa shape index (κ1) is 16.8. The lowest BCUT2D eigenvalue weighted by molar-refractivity contribution is 0.221. The van der Waals surface area contributed by atoms with Crippen molar-refractivity contribution >= 4 is 34.8 Å². The third-order valence-corrected chi connectivity index (χ3v) is 5.71. The second kappa shape index (κ2) is 6.56. The van der Waals surface area contributed by atoms with Crippen molar-refractivity contribution in [3.63, 3.8) is 0 Å². The SMILES string of the molecule is Clc1ccc(C2(Cn3ccnc3)CCOc3cc(Cl)c(Cl)cc32)cc1. The number of imidazole rings is 1. The molecule has 1 aromatic heterocycles. The number of hydrogen-bond acceptors (Lipinski definition) is 2. The Morgan fingerprint density at radius 1 is 1.08 bits per heavy atom. The summed E-state index contributed by atoms with van der Waals surface area (Å²) in [6, 6.07) is 11.7. The van der Waals surface area contributed by atoms with Gasteiger partial charge in [0.15, 0.2) is 0 Å². The summed E-state index contributed by atoms with van der Waals surface area (Å²) in [6.07, 6.45) is 6.39. The van der Waals surface area contributed by atoms with E-state index in [1.165, 1.54) is 0 Å². The molecule has 1 aliphatic rings. The summed E-state index contributed by atoms with van der Waals surface area (Å²) in [5, 5.41) is 1.73. The Balaban J connectivity index is 1.93. The van der Waals surface area contributed by atoms with Crippen LogP contribution in [0.15, 0.2) is 55.1 Å². The first-order valence-electron chi connectivity index (χ1n) is 7.93. The van der Waals surface area contributed by atoms with E-state index in [1.807, 2.05) is 30.7 Å². The Kier molecular flexibility index (Phi) is 4.40. The van der Waals surface area contributed by atoms with Crippen LogP contribution in [0.5, 0.6) is 5.75 Å². The Morgan fingerprint density at radius 3 is 2.56 bits per heavy atom. The summed E-state index contributed by atoms with van der Waals surface area (Å²) < 4.78 is 7.96. The van der Waals surface area contributed by atoms with Crippen LogP contribution in [-0.4, -0.2) is 16.2 Å². The monoisotopic (exact) mass is 392 g/mol. The quantitative estimate of drug-likeness (QED) is 0.578. The molecule has 0 spiro atoms. The lowest BCUT2D eigenvalue weighted by Crippen LogP contribution is -2.38. The Bertz CT molecular complexity index is 894. The van der Waals surface area contributed by atoms with Crippen molar-refractivity contribution in [2.24, 2.45) is 0 Å². The third-order valence-electron chi connectivity index (χ3n) is 4.73. The maximum absolute atomic E-state index is 6.34. The standard InChI is InChI=1S/C19H15Cl3N2O/c20-14-3-1-13(2-4-14)19(11-24-7-6-23-12-24)5-8-25-18-10-17(22)16(21)9-15(18)19/h1-4,6-7,9-10,12H,5,8,11H2. The maximum Gasteiger partial charge on any atom is 0.125 e. The zero-order chi connectivity index (χ0) is 17.4. The second-order valence-electron chi connectivity index (χ2n) is 6.18. The van der Waals surface area contributed by atoms with Gasteiger partial charge in [0, 0.05) is 41.0 Å². The van der Waals surface area contributed by atoms with Crippen LogP contribution in [0.2, 0.25) is 15.1 Å². The molecule has 1 aliphatic heterocycles. The Morgan fingerprint density at radius 2 is 1.84 bits per heavy atom. The number of halogens is 3. The Labute approximate surface area is 161 Å². The van der Waals surface area contributed by atoms with Crippen molar-refractivity contribution in [3.05, 3.63) is 81.3 Å². The van der Waals surface area contributed by atoms with Gasteiger partial charge in [0.05, 0.1) is 23.0 Å². The van der Waals surface area contributed by atoms with Crippen molar-refractivity contribution < 1.29 is 4.74 Å². The van der Waals surface area contributed by atoms with Crippen LogP contribution in [0.3, 0.4) is 0 Å². The van der Waals surface area contributed by atoms with Gasteiger partial charge < -0.3 is 9.30 Å². The van der Waals surface area contributed by atoms with Crippen LogP contribution in [0.1, 0.15) is 17.5 Å². The van der Waals surface area contributed by atoms with E-state index in [2.05, 4.69) is 21.7 Å². The van der Waals surface area contributed by atoms with Crippen LogP contribution >= 0.6 is 34.8 Å². The number of hydrogen-bond donors (Lipinski definition) is 0. The largest absolute Gasteiger partial charge is 0.493 e. The van der Waals surface area contributed by atoms with Crippen molar-refractivity contribution in [2.75, 3.05) is 6.61 Å². The van der Waals surface area contributed by atoms with Gasteiger partial charge in [-0.3, -0.25) is 0 Å². The minimum Gasteiger partial charge on any atom is -0.493 e. The van der Waals surface area contributed by atoms with Crippen molar-refractivity contribution in [1.29, 1.82) is 0 Å². The van der Waals surface area contributed by atoms with Gasteiger partial charge in [-0.15, -0.1) is 0 Å². The van der Waals surface area contributed by atoms with Crippen LogP contribution in [-0.2, 0) is 12.0 Å². The lowest BCUT2D eigenvalue weighted by atomic mass is 9.70. The fraction of sp³-hybridized carbons (Fsp3) is 0.211.